The van der Waals surface area contributed by atoms with Gasteiger partial charge in [0.25, 0.3) is 0 Å². The van der Waals surface area contributed by atoms with E-state index in [2.05, 4.69) is 48.5 Å². The smallest absolute Gasteiger partial charge is 0.191 e. The molecule has 0 spiro atoms. The number of hydrogen-bond donors (Lipinski definition) is 3. The Balaban J connectivity index is 2.66. The lowest BCUT2D eigenvalue weighted by Crippen LogP contribution is -2.43. The van der Waals surface area contributed by atoms with E-state index >= 15 is 0 Å². The topological polar surface area (TPSA) is 56.7 Å². The number of benzene rings is 1. The van der Waals surface area contributed by atoms with Crippen LogP contribution in [-0.4, -0.2) is 30.8 Å². The van der Waals surface area contributed by atoms with Crippen LogP contribution in [0, 0.1) is 5.41 Å². The van der Waals surface area contributed by atoms with Crippen molar-refractivity contribution in [2.24, 2.45) is 10.4 Å². The molecule has 22 heavy (non-hydrogen) atoms. The van der Waals surface area contributed by atoms with Gasteiger partial charge in [0, 0.05) is 19.7 Å². The molecule has 0 bridgehead atoms. The second kappa shape index (κ2) is 10.2. The molecule has 0 aliphatic heterocycles. The van der Waals surface area contributed by atoms with E-state index in [1.807, 2.05) is 18.2 Å². The maximum Gasteiger partial charge on any atom is 0.191 e. The molecule has 0 aliphatic carbocycles. The van der Waals surface area contributed by atoms with Crippen molar-refractivity contribution in [3.8, 4) is 0 Å². The molecule has 0 saturated heterocycles. The third kappa shape index (κ3) is 6.06. The van der Waals surface area contributed by atoms with Crippen molar-refractivity contribution in [1.82, 2.24) is 10.6 Å². The Kier molecular flexibility index (Phi) is 8.60. The van der Waals surface area contributed by atoms with E-state index in [1.165, 1.54) is 5.56 Å². The van der Waals surface area contributed by atoms with E-state index < -0.39 is 0 Å². The predicted octanol–water partition coefficient (Wildman–Crippen LogP) is 2.93. The van der Waals surface area contributed by atoms with Gasteiger partial charge in [-0.05, 0) is 37.2 Å². The summed E-state index contributed by atoms with van der Waals surface area (Å²) >= 11 is 0. The number of nitrogens with one attached hydrogen (secondary N) is 2. The highest BCUT2D eigenvalue weighted by molar-refractivity contribution is 5.79. The van der Waals surface area contributed by atoms with Crippen LogP contribution in [0.4, 0.5) is 0 Å². The second-order valence-electron chi connectivity index (χ2n) is 5.72. The fraction of sp³-hybridized carbons (Fsp3) is 0.611. The van der Waals surface area contributed by atoms with Gasteiger partial charge in [0.15, 0.2) is 5.96 Å². The highest BCUT2D eigenvalue weighted by Gasteiger charge is 2.25. The van der Waals surface area contributed by atoms with Gasteiger partial charge < -0.3 is 15.7 Å². The van der Waals surface area contributed by atoms with Crippen molar-refractivity contribution in [1.29, 1.82) is 0 Å². The lowest BCUT2D eigenvalue weighted by Gasteiger charge is -2.32. The van der Waals surface area contributed by atoms with Gasteiger partial charge in [-0.15, -0.1) is 0 Å². The summed E-state index contributed by atoms with van der Waals surface area (Å²) in [5.74, 6) is 0.843. The van der Waals surface area contributed by atoms with Crippen LogP contribution in [-0.2, 0) is 6.54 Å². The highest BCUT2D eigenvalue weighted by Crippen LogP contribution is 2.29. The molecule has 4 nitrogen and oxygen atoms in total. The number of aliphatic hydroxyl groups excluding tert-OH is 1. The number of aliphatic hydroxyl groups is 1. The van der Waals surface area contributed by atoms with Gasteiger partial charge in [-0.1, -0.05) is 44.2 Å². The molecule has 3 N–H and O–H groups in total. The average molecular weight is 305 g/mol. The van der Waals surface area contributed by atoms with Crippen molar-refractivity contribution in [2.75, 3.05) is 19.7 Å². The molecule has 0 heterocycles. The minimum atomic E-state index is 0.137. The molecule has 1 aromatic rings. The Hall–Kier alpha value is -1.55. The quantitative estimate of drug-likeness (QED) is 0.486. The number of aliphatic imine (C=N–C) groups is 1. The second-order valence-corrected chi connectivity index (χ2v) is 5.72. The van der Waals surface area contributed by atoms with E-state index in [0.717, 1.165) is 38.3 Å². The monoisotopic (exact) mass is 305 g/mol. The molecule has 0 atom stereocenters. The number of hydrogen-bond acceptors (Lipinski definition) is 2. The van der Waals surface area contributed by atoms with Crippen LogP contribution in [0.15, 0.2) is 35.3 Å². The molecule has 0 radical (unpaired) electrons. The van der Waals surface area contributed by atoms with Crippen LogP contribution < -0.4 is 10.6 Å². The normalized spacial score (nSPS) is 12.3. The van der Waals surface area contributed by atoms with Gasteiger partial charge in [-0.2, -0.15) is 0 Å². The Morgan fingerprint density at radius 3 is 2.32 bits per heavy atom. The minimum Gasteiger partial charge on any atom is -0.396 e. The zero-order chi connectivity index (χ0) is 16.3. The molecule has 0 aromatic heterocycles. The highest BCUT2D eigenvalue weighted by atomic mass is 16.3. The molecule has 1 rings (SSSR count). The number of nitrogens with zero attached hydrogens (tertiary/aromatic N) is 1. The largest absolute Gasteiger partial charge is 0.396 e. The van der Waals surface area contributed by atoms with Crippen molar-refractivity contribution < 1.29 is 5.11 Å². The van der Waals surface area contributed by atoms with Crippen molar-refractivity contribution >= 4 is 5.96 Å². The third-order valence-corrected chi connectivity index (χ3v) is 4.38. The van der Waals surface area contributed by atoms with Crippen molar-refractivity contribution in [3.05, 3.63) is 35.9 Å². The molecule has 0 fully saturated rings. The van der Waals surface area contributed by atoms with Crippen molar-refractivity contribution in [3.63, 3.8) is 0 Å². The fourth-order valence-corrected chi connectivity index (χ4v) is 2.55. The predicted molar refractivity (Wildman–Crippen MR) is 94.0 cm³/mol. The maximum atomic E-state index is 9.31. The van der Waals surface area contributed by atoms with Crippen LogP contribution in [0.25, 0.3) is 0 Å². The van der Waals surface area contributed by atoms with E-state index in [1.54, 1.807) is 0 Å². The van der Waals surface area contributed by atoms with Gasteiger partial charge in [0.2, 0.25) is 0 Å². The van der Waals surface area contributed by atoms with Gasteiger partial charge >= 0.3 is 0 Å². The molecule has 124 valence electrons. The van der Waals surface area contributed by atoms with Gasteiger partial charge in [0.1, 0.15) is 0 Å². The average Bonchev–Trinajstić information content (AvgIpc) is 2.57. The van der Waals surface area contributed by atoms with Gasteiger partial charge in [0.05, 0.1) is 6.54 Å². The first kappa shape index (κ1) is 18.5. The summed E-state index contributed by atoms with van der Waals surface area (Å²) in [6.45, 7) is 9.03. The van der Waals surface area contributed by atoms with Crippen LogP contribution in [0.1, 0.15) is 45.6 Å². The molecule has 4 heteroatoms. The summed E-state index contributed by atoms with van der Waals surface area (Å²) in [6.07, 6.45) is 2.93. The van der Waals surface area contributed by atoms with E-state index in [0.29, 0.717) is 6.54 Å². The van der Waals surface area contributed by atoms with E-state index in [-0.39, 0.29) is 12.0 Å². The lowest BCUT2D eigenvalue weighted by atomic mass is 9.79. The first-order valence-electron chi connectivity index (χ1n) is 8.36. The molecule has 0 aliphatic rings. The molecule has 1 aromatic carbocycles. The standard InChI is InChI=1S/C18H31N3O/c1-4-18(5-2,12-13-22)15-21-17(19-6-3)20-14-16-10-8-7-9-11-16/h7-11,22H,4-6,12-15H2,1-3H3,(H2,19,20,21). The van der Waals surface area contributed by atoms with Crippen molar-refractivity contribution in [2.45, 2.75) is 46.6 Å². The molecule has 0 saturated carbocycles. The van der Waals surface area contributed by atoms with Crippen LogP contribution in [0.5, 0.6) is 0 Å². The summed E-state index contributed by atoms with van der Waals surface area (Å²) in [5.41, 5.74) is 1.34. The van der Waals surface area contributed by atoms with Crippen LogP contribution in [0.2, 0.25) is 0 Å². The summed E-state index contributed by atoms with van der Waals surface area (Å²) < 4.78 is 0. The maximum absolute atomic E-state index is 9.31. The lowest BCUT2D eigenvalue weighted by molar-refractivity contribution is 0.169. The summed E-state index contributed by atoms with van der Waals surface area (Å²) in [5, 5.41) is 16.0. The number of guanidine groups is 1. The van der Waals surface area contributed by atoms with E-state index in [9.17, 15) is 5.11 Å². The van der Waals surface area contributed by atoms with E-state index in [4.69, 9.17) is 0 Å². The Morgan fingerprint density at radius 1 is 1.09 bits per heavy atom. The molecule has 0 unspecified atom stereocenters. The molecular weight excluding hydrogens is 274 g/mol. The minimum absolute atomic E-state index is 0.137. The van der Waals surface area contributed by atoms with Gasteiger partial charge in [-0.3, -0.25) is 0 Å². The fourth-order valence-electron chi connectivity index (χ4n) is 2.55. The third-order valence-electron chi connectivity index (χ3n) is 4.38. The molecule has 0 amide bonds. The Labute approximate surface area is 135 Å². The Bertz CT molecular complexity index is 427. The summed E-state index contributed by atoms with van der Waals surface area (Å²) in [4.78, 5) is 4.65. The zero-order valence-electron chi connectivity index (χ0n) is 14.2. The van der Waals surface area contributed by atoms with Gasteiger partial charge in [-0.25, -0.2) is 4.99 Å². The number of rotatable bonds is 9. The first-order chi connectivity index (χ1) is 10.7. The summed E-state index contributed by atoms with van der Waals surface area (Å²) in [7, 11) is 0. The SMILES string of the molecule is CCNC(=NCc1ccccc1)NCC(CC)(CC)CCO. The summed E-state index contributed by atoms with van der Waals surface area (Å²) in [6, 6.07) is 10.3. The zero-order valence-corrected chi connectivity index (χ0v) is 14.2. The first-order valence-corrected chi connectivity index (χ1v) is 8.36. The van der Waals surface area contributed by atoms with Crippen LogP contribution >= 0.6 is 0 Å². The van der Waals surface area contributed by atoms with Crippen LogP contribution in [0.3, 0.4) is 0 Å². The Morgan fingerprint density at radius 2 is 1.77 bits per heavy atom. The molecular formula is C18H31N3O.